The summed E-state index contributed by atoms with van der Waals surface area (Å²) in [4.78, 5) is 0. The lowest BCUT2D eigenvalue weighted by atomic mass is 9.61. The highest BCUT2D eigenvalue weighted by atomic mass is 32.2. The summed E-state index contributed by atoms with van der Waals surface area (Å²) in [5, 5.41) is 0. The molecule has 2 atom stereocenters. The Labute approximate surface area is 159 Å². The highest BCUT2D eigenvalue weighted by Gasteiger charge is 2.53. The average molecular weight is 383 g/mol. The zero-order valence-corrected chi connectivity index (χ0v) is 17.2. The second-order valence-electron chi connectivity index (χ2n) is 7.39. The molecule has 0 spiro atoms. The van der Waals surface area contributed by atoms with E-state index < -0.39 is 15.8 Å². The fraction of sp³-hybridized carbons (Fsp3) is 0.600. The van der Waals surface area contributed by atoms with Gasteiger partial charge in [0.05, 0.1) is 6.61 Å². The molecule has 148 valence electrons. The van der Waals surface area contributed by atoms with Crippen LogP contribution in [0.1, 0.15) is 58.4 Å². The predicted molar refractivity (Wildman–Crippen MR) is 107 cm³/mol. The summed E-state index contributed by atoms with van der Waals surface area (Å²) >= 11 is 0. The average Bonchev–Trinajstić information content (AvgIpc) is 2.56. The molecule has 1 saturated carbocycles. The van der Waals surface area contributed by atoms with Crippen LogP contribution in [-0.4, -0.2) is 24.9 Å². The van der Waals surface area contributed by atoms with Crippen molar-refractivity contribution in [1.29, 1.82) is 0 Å². The van der Waals surface area contributed by atoms with Gasteiger partial charge < -0.3 is 6.15 Å². The van der Waals surface area contributed by atoms with Crippen LogP contribution in [0.3, 0.4) is 0 Å². The lowest BCUT2D eigenvalue weighted by Crippen LogP contribution is -2.60. The van der Waals surface area contributed by atoms with Crippen LogP contribution in [0.4, 0.5) is 0 Å². The first kappa shape index (κ1) is 22.8. The van der Waals surface area contributed by atoms with Crippen molar-refractivity contribution in [2.24, 2.45) is 5.41 Å². The summed E-state index contributed by atoms with van der Waals surface area (Å²) in [5.74, 6) is 0. The fourth-order valence-electron chi connectivity index (χ4n) is 4.08. The van der Waals surface area contributed by atoms with E-state index >= 15 is 0 Å². The Balaban J connectivity index is 0.00000338. The van der Waals surface area contributed by atoms with Gasteiger partial charge in [-0.2, -0.15) is 12.7 Å². The Morgan fingerprint density at radius 2 is 1.81 bits per heavy atom. The van der Waals surface area contributed by atoms with Gasteiger partial charge in [0.25, 0.3) is 0 Å². The Bertz CT molecular complexity index is 678. The first-order chi connectivity index (χ1) is 11.8. The van der Waals surface area contributed by atoms with E-state index in [1.54, 1.807) is 11.2 Å². The smallest absolute Gasteiger partial charge is 0.339 e. The van der Waals surface area contributed by atoms with Crippen molar-refractivity contribution in [3.63, 3.8) is 0 Å². The molecular formula is C20H34N2O3S. The molecule has 3 N–H and O–H groups in total. The molecule has 26 heavy (non-hydrogen) atoms. The topological polar surface area (TPSA) is 81.6 Å². The third kappa shape index (κ3) is 4.55. The van der Waals surface area contributed by atoms with Crippen LogP contribution in [0, 0.1) is 5.41 Å². The van der Waals surface area contributed by atoms with Gasteiger partial charge in [0, 0.05) is 12.1 Å². The third-order valence-corrected chi connectivity index (χ3v) is 7.40. The maximum atomic E-state index is 13.0. The molecule has 2 rings (SSSR count). The molecule has 0 aliphatic heterocycles. The van der Waals surface area contributed by atoms with E-state index in [1.165, 1.54) is 0 Å². The minimum absolute atomic E-state index is 0. The molecule has 2 unspecified atom stereocenters. The van der Waals surface area contributed by atoms with E-state index in [1.807, 2.05) is 36.4 Å². The summed E-state index contributed by atoms with van der Waals surface area (Å²) in [6, 6.07) is 9.74. The summed E-state index contributed by atoms with van der Waals surface area (Å²) in [5.41, 5.74) is 0.299. The maximum Gasteiger partial charge on any atom is 0.339 e. The highest BCUT2D eigenvalue weighted by Crippen LogP contribution is 2.51. The number of allylic oxidation sites excluding steroid dienone is 1. The fourth-order valence-corrected chi connectivity index (χ4v) is 5.62. The number of hydrogen-bond acceptors (Lipinski definition) is 4. The van der Waals surface area contributed by atoms with E-state index in [-0.39, 0.29) is 18.2 Å². The zero-order chi connectivity index (χ0) is 18.6. The third-order valence-electron chi connectivity index (χ3n) is 5.79. The summed E-state index contributed by atoms with van der Waals surface area (Å²) < 4.78 is 32.8. The predicted octanol–water partition coefficient (Wildman–Crippen LogP) is 4.85. The molecule has 1 fully saturated rings. The van der Waals surface area contributed by atoms with Crippen LogP contribution in [0.25, 0.3) is 0 Å². The van der Waals surface area contributed by atoms with Crippen molar-refractivity contribution in [3.8, 4) is 0 Å². The van der Waals surface area contributed by atoms with Crippen molar-refractivity contribution in [2.75, 3.05) is 6.61 Å². The standard InChI is InChI=1S/C20H31NO3S.H3N/c1-5-14-19(3)15-10-11-16-20(19,4)21(25(22,23)24-6-2)17-18-12-8-7-9-13-18;/h5,7-9,12-13H,1,6,10-11,14-17H2,2-4H3;1H3. The van der Waals surface area contributed by atoms with Gasteiger partial charge in [-0.1, -0.05) is 56.2 Å². The monoisotopic (exact) mass is 382 g/mol. The van der Waals surface area contributed by atoms with Crippen molar-refractivity contribution in [2.45, 2.75) is 65.0 Å². The summed E-state index contributed by atoms with van der Waals surface area (Å²) in [6.07, 6.45) is 6.66. The number of benzene rings is 1. The van der Waals surface area contributed by atoms with Crippen molar-refractivity contribution in [1.82, 2.24) is 10.5 Å². The Kier molecular flexibility index (Phi) is 8.02. The molecule has 6 heteroatoms. The molecule has 1 aromatic rings. The van der Waals surface area contributed by atoms with Crippen molar-refractivity contribution in [3.05, 3.63) is 48.6 Å². The Morgan fingerprint density at radius 1 is 1.19 bits per heavy atom. The molecule has 0 bridgehead atoms. The lowest BCUT2D eigenvalue weighted by molar-refractivity contribution is -0.00807. The first-order valence-corrected chi connectivity index (χ1v) is 10.5. The van der Waals surface area contributed by atoms with E-state index in [0.29, 0.717) is 6.54 Å². The minimum Gasteiger partial charge on any atom is -0.344 e. The van der Waals surface area contributed by atoms with Gasteiger partial charge in [-0.05, 0) is 44.1 Å². The van der Waals surface area contributed by atoms with E-state index in [4.69, 9.17) is 4.18 Å². The number of rotatable bonds is 8. The second-order valence-corrected chi connectivity index (χ2v) is 8.92. The van der Waals surface area contributed by atoms with E-state index in [2.05, 4.69) is 20.4 Å². The summed E-state index contributed by atoms with van der Waals surface area (Å²) in [7, 11) is -3.82. The quantitative estimate of drug-likeness (QED) is 0.652. The van der Waals surface area contributed by atoms with Gasteiger partial charge in [0.15, 0.2) is 0 Å². The first-order valence-electron chi connectivity index (χ1n) is 9.11. The van der Waals surface area contributed by atoms with E-state index in [0.717, 1.165) is 37.7 Å². The summed E-state index contributed by atoms with van der Waals surface area (Å²) in [6.45, 7) is 10.4. The SMILES string of the molecule is C=CCC1(C)CCCCC1(C)N(Cc1ccccc1)S(=O)(=O)OCC.N. The molecular weight excluding hydrogens is 348 g/mol. The molecule has 0 aromatic heterocycles. The van der Waals surface area contributed by atoms with E-state index in [9.17, 15) is 8.42 Å². The van der Waals surface area contributed by atoms with Gasteiger partial charge in [-0.15, -0.1) is 6.58 Å². The van der Waals surface area contributed by atoms with Gasteiger partial charge >= 0.3 is 10.3 Å². The molecule has 5 nitrogen and oxygen atoms in total. The lowest BCUT2D eigenvalue weighted by Gasteiger charge is -2.54. The molecule has 0 amide bonds. The normalized spacial score (nSPS) is 26.3. The number of hydrogen-bond donors (Lipinski definition) is 1. The number of nitrogens with zero attached hydrogens (tertiary/aromatic N) is 1. The Hall–Kier alpha value is -1.21. The van der Waals surface area contributed by atoms with Gasteiger partial charge in [0.2, 0.25) is 0 Å². The molecule has 0 radical (unpaired) electrons. The van der Waals surface area contributed by atoms with Crippen LogP contribution < -0.4 is 6.15 Å². The molecule has 1 aliphatic carbocycles. The van der Waals surface area contributed by atoms with Gasteiger partial charge in [-0.3, -0.25) is 4.18 Å². The molecule has 0 heterocycles. The van der Waals surface area contributed by atoms with Gasteiger partial charge in [-0.25, -0.2) is 0 Å². The largest absolute Gasteiger partial charge is 0.344 e. The maximum absolute atomic E-state index is 13.0. The van der Waals surface area contributed by atoms with Crippen LogP contribution in [0.15, 0.2) is 43.0 Å². The molecule has 1 aromatic carbocycles. The van der Waals surface area contributed by atoms with Crippen molar-refractivity contribution >= 4 is 10.3 Å². The minimum atomic E-state index is -3.82. The highest BCUT2D eigenvalue weighted by molar-refractivity contribution is 7.84. The van der Waals surface area contributed by atoms with Crippen LogP contribution in [-0.2, 0) is 21.0 Å². The molecule has 1 aliphatic rings. The van der Waals surface area contributed by atoms with Crippen LogP contribution >= 0.6 is 0 Å². The van der Waals surface area contributed by atoms with Crippen LogP contribution in [0.5, 0.6) is 0 Å². The second kappa shape index (κ2) is 9.13. The zero-order valence-electron chi connectivity index (χ0n) is 16.4. The van der Waals surface area contributed by atoms with Crippen molar-refractivity contribution < 1.29 is 12.6 Å². The van der Waals surface area contributed by atoms with Crippen LogP contribution in [0.2, 0.25) is 0 Å². The van der Waals surface area contributed by atoms with Gasteiger partial charge in [0.1, 0.15) is 0 Å². The Morgan fingerprint density at radius 3 is 2.38 bits per heavy atom. The molecule has 0 saturated heterocycles.